The van der Waals surface area contributed by atoms with E-state index in [1.807, 2.05) is 11.8 Å². The van der Waals surface area contributed by atoms with Gasteiger partial charge in [-0.25, -0.2) is 4.79 Å². The molecule has 1 aliphatic heterocycles. The maximum Gasteiger partial charge on any atom is 0.315 e. The number of carbonyl (C=O) groups excluding carboxylic acids is 2. The number of carbonyl (C=O) groups is 2. The lowest BCUT2D eigenvalue weighted by Gasteiger charge is -2.21. The van der Waals surface area contributed by atoms with E-state index in [1.54, 1.807) is 0 Å². The van der Waals surface area contributed by atoms with Gasteiger partial charge in [-0.05, 0) is 25.7 Å². The third-order valence-electron chi connectivity index (χ3n) is 3.78. The van der Waals surface area contributed by atoms with Crippen molar-refractivity contribution in [3.05, 3.63) is 12.2 Å². The van der Waals surface area contributed by atoms with E-state index in [2.05, 4.69) is 22.8 Å². The van der Waals surface area contributed by atoms with Crippen LogP contribution in [-0.2, 0) is 4.79 Å². The molecule has 1 aliphatic carbocycles. The monoisotopic (exact) mass is 265 g/mol. The van der Waals surface area contributed by atoms with E-state index in [-0.39, 0.29) is 24.0 Å². The minimum atomic E-state index is -0.101. The highest BCUT2D eigenvalue weighted by atomic mass is 16.2. The van der Waals surface area contributed by atoms with E-state index in [9.17, 15) is 9.59 Å². The van der Waals surface area contributed by atoms with Gasteiger partial charge in [0.1, 0.15) is 0 Å². The highest BCUT2D eigenvalue weighted by molar-refractivity contribution is 5.77. The third kappa shape index (κ3) is 3.98. The van der Waals surface area contributed by atoms with Gasteiger partial charge in [-0.2, -0.15) is 0 Å². The molecule has 0 spiro atoms. The van der Waals surface area contributed by atoms with Crippen molar-refractivity contribution in [2.24, 2.45) is 0 Å². The van der Waals surface area contributed by atoms with Gasteiger partial charge < -0.3 is 15.5 Å². The van der Waals surface area contributed by atoms with E-state index in [1.165, 1.54) is 0 Å². The van der Waals surface area contributed by atoms with Crippen molar-refractivity contribution in [2.45, 2.75) is 51.1 Å². The van der Waals surface area contributed by atoms with E-state index in [4.69, 9.17) is 0 Å². The standard InChI is InChI=1S/C14H23N3O2/c1-2-13(18)17-9-8-12(10-17)16-14(19)15-11-6-4-3-5-7-11/h3-4,11-12H,2,5-10H2,1H3,(H2,15,16,19)/t11-,12-/m1/s1. The highest BCUT2D eigenvalue weighted by Gasteiger charge is 2.26. The molecule has 106 valence electrons. The number of urea groups is 1. The van der Waals surface area contributed by atoms with E-state index in [0.717, 1.165) is 32.2 Å². The average molecular weight is 265 g/mol. The number of hydrogen-bond donors (Lipinski definition) is 2. The maximum atomic E-state index is 11.9. The maximum absolute atomic E-state index is 11.9. The Labute approximate surface area is 114 Å². The molecule has 2 rings (SSSR count). The van der Waals surface area contributed by atoms with Gasteiger partial charge in [0.2, 0.25) is 5.91 Å². The molecule has 1 heterocycles. The second-order valence-corrected chi connectivity index (χ2v) is 5.28. The van der Waals surface area contributed by atoms with E-state index in [0.29, 0.717) is 13.0 Å². The zero-order valence-corrected chi connectivity index (χ0v) is 11.5. The molecular formula is C14H23N3O2. The van der Waals surface area contributed by atoms with Crippen LogP contribution in [0.15, 0.2) is 12.2 Å². The van der Waals surface area contributed by atoms with Gasteiger partial charge in [-0.3, -0.25) is 4.79 Å². The molecule has 5 nitrogen and oxygen atoms in total. The molecular weight excluding hydrogens is 242 g/mol. The van der Waals surface area contributed by atoms with Crippen LogP contribution in [0.2, 0.25) is 0 Å². The van der Waals surface area contributed by atoms with Crippen molar-refractivity contribution in [1.82, 2.24) is 15.5 Å². The molecule has 2 N–H and O–H groups in total. The SMILES string of the molecule is CCC(=O)N1CC[C@@H](NC(=O)N[C@@H]2CC=CCC2)C1. The predicted molar refractivity (Wildman–Crippen MR) is 73.7 cm³/mol. The molecule has 5 heteroatoms. The van der Waals surface area contributed by atoms with Crippen LogP contribution in [0.25, 0.3) is 0 Å². The normalized spacial score (nSPS) is 26.3. The quantitative estimate of drug-likeness (QED) is 0.758. The van der Waals surface area contributed by atoms with Crippen LogP contribution in [-0.4, -0.2) is 42.0 Å². The Kier molecular flexibility index (Phi) is 4.82. The number of rotatable bonds is 3. The molecule has 0 saturated carbocycles. The number of amides is 3. The van der Waals surface area contributed by atoms with Crippen molar-refractivity contribution in [3.8, 4) is 0 Å². The van der Waals surface area contributed by atoms with Gasteiger partial charge in [0.15, 0.2) is 0 Å². The summed E-state index contributed by atoms with van der Waals surface area (Å²) in [7, 11) is 0. The zero-order chi connectivity index (χ0) is 13.7. The van der Waals surface area contributed by atoms with Gasteiger partial charge in [-0.1, -0.05) is 19.1 Å². The van der Waals surface area contributed by atoms with Gasteiger partial charge in [0.25, 0.3) is 0 Å². The molecule has 0 unspecified atom stereocenters. The molecule has 3 amide bonds. The van der Waals surface area contributed by atoms with Crippen LogP contribution in [0.1, 0.15) is 39.0 Å². The summed E-state index contributed by atoms with van der Waals surface area (Å²) in [5.74, 6) is 0.169. The Morgan fingerprint density at radius 3 is 2.68 bits per heavy atom. The zero-order valence-electron chi connectivity index (χ0n) is 11.5. The second kappa shape index (κ2) is 6.59. The second-order valence-electron chi connectivity index (χ2n) is 5.28. The summed E-state index contributed by atoms with van der Waals surface area (Å²) in [4.78, 5) is 25.2. The topological polar surface area (TPSA) is 61.4 Å². The molecule has 1 fully saturated rings. The first-order valence-electron chi connectivity index (χ1n) is 7.19. The lowest BCUT2D eigenvalue weighted by molar-refractivity contribution is -0.129. The summed E-state index contributed by atoms with van der Waals surface area (Å²) in [6, 6.07) is 0.241. The average Bonchev–Trinajstić information content (AvgIpc) is 2.87. The largest absolute Gasteiger partial charge is 0.341 e. The van der Waals surface area contributed by atoms with Crippen LogP contribution in [0.4, 0.5) is 4.79 Å². The van der Waals surface area contributed by atoms with Crippen molar-refractivity contribution < 1.29 is 9.59 Å². The lowest BCUT2D eigenvalue weighted by Crippen LogP contribution is -2.47. The van der Waals surface area contributed by atoms with Crippen molar-refractivity contribution in [2.75, 3.05) is 13.1 Å². The summed E-state index contributed by atoms with van der Waals surface area (Å²) in [5.41, 5.74) is 0. The van der Waals surface area contributed by atoms with Crippen LogP contribution in [0.5, 0.6) is 0 Å². The van der Waals surface area contributed by atoms with Crippen molar-refractivity contribution in [3.63, 3.8) is 0 Å². The first-order valence-corrected chi connectivity index (χ1v) is 7.19. The van der Waals surface area contributed by atoms with Gasteiger partial charge >= 0.3 is 6.03 Å². The first kappa shape index (κ1) is 13.9. The van der Waals surface area contributed by atoms with Crippen LogP contribution >= 0.6 is 0 Å². The number of nitrogens with zero attached hydrogens (tertiary/aromatic N) is 1. The van der Waals surface area contributed by atoms with Gasteiger partial charge in [0.05, 0.1) is 0 Å². The molecule has 0 radical (unpaired) electrons. The molecule has 0 aromatic heterocycles. The summed E-state index contributed by atoms with van der Waals surface area (Å²) >= 11 is 0. The van der Waals surface area contributed by atoms with Gasteiger partial charge in [0, 0.05) is 31.6 Å². The summed E-state index contributed by atoms with van der Waals surface area (Å²) < 4.78 is 0. The Balaban J connectivity index is 1.71. The fraction of sp³-hybridized carbons (Fsp3) is 0.714. The van der Waals surface area contributed by atoms with E-state index >= 15 is 0 Å². The smallest absolute Gasteiger partial charge is 0.315 e. The fourth-order valence-electron chi connectivity index (χ4n) is 2.67. The lowest BCUT2D eigenvalue weighted by atomic mass is 10.0. The number of allylic oxidation sites excluding steroid dienone is 1. The summed E-state index contributed by atoms with van der Waals surface area (Å²) in [6.45, 7) is 3.26. The minimum Gasteiger partial charge on any atom is -0.341 e. The third-order valence-corrected chi connectivity index (χ3v) is 3.78. The Bertz CT molecular complexity index is 368. The first-order chi connectivity index (χ1) is 9.19. The van der Waals surface area contributed by atoms with Crippen LogP contribution in [0, 0.1) is 0 Å². The minimum absolute atomic E-state index is 0.0923. The van der Waals surface area contributed by atoms with Crippen LogP contribution < -0.4 is 10.6 Å². The number of likely N-dealkylation sites (tertiary alicyclic amines) is 1. The van der Waals surface area contributed by atoms with Crippen molar-refractivity contribution in [1.29, 1.82) is 0 Å². The number of nitrogens with one attached hydrogen (secondary N) is 2. The fourth-order valence-corrected chi connectivity index (χ4v) is 2.67. The molecule has 0 aromatic rings. The molecule has 0 aromatic carbocycles. The molecule has 0 bridgehead atoms. The highest BCUT2D eigenvalue weighted by Crippen LogP contribution is 2.12. The van der Waals surface area contributed by atoms with Crippen LogP contribution in [0.3, 0.4) is 0 Å². The molecule has 1 saturated heterocycles. The summed E-state index contributed by atoms with van der Waals surface area (Å²) in [6.07, 6.45) is 8.62. The number of hydrogen-bond acceptors (Lipinski definition) is 2. The van der Waals surface area contributed by atoms with Crippen molar-refractivity contribution >= 4 is 11.9 Å². The Morgan fingerprint density at radius 1 is 1.21 bits per heavy atom. The van der Waals surface area contributed by atoms with E-state index < -0.39 is 0 Å². The molecule has 2 atom stereocenters. The Hall–Kier alpha value is -1.52. The Morgan fingerprint density at radius 2 is 2.00 bits per heavy atom. The summed E-state index contributed by atoms with van der Waals surface area (Å²) in [5, 5.41) is 5.97. The molecule has 19 heavy (non-hydrogen) atoms. The predicted octanol–water partition coefficient (Wildman–Crippen LogP) is 1.41. The molecule has 2 aliphatic rings. The van der Waals surface area contributed by atoms with Gasteiger partial charge in [-0.15, -0.1) is 0 Å².